The quantitative estimate of drug-likeness (QED) is 0.670. The third-order valence-electron chi connectivity index (χ3n) is 4.46. The first-order valence-corrected chi connectivity index (χ1v) is 9.97. The summed E-state index contributed by atoms with van der Waals surface area (Å²) in [6, 6.07) is 15.0. The summed E-state index contributed by atoms with van der Waals surface area (Å²) in [6.45, 7) is 0.977. The van der Waals surface area contributed by atoms with Crippen molar-refractivity contribution in [2.24, 2.45) is 0 Å². The highest BCUT2D eigenvalue weighted by molar-refractivity contribution is 9.10. The SMILES string of the molecule is O=S(=O)(c1ccccc1Br)N1CCC(n2cnc3ccccc32)C1. The monoisotopic (exact) mass is 405 g/mol. The van der Waals surface area contributed by atoms with E-state index in [2.05, 4.69) is 25.5 Å². The van der Waals surface area contributed by atoms with Crippen molar-refractivity contribution in [2.75, 3.05) is 13.1 Å². The van der Waals surface area contributed by atoms with Crippen molar-refractivity contribution in [3.05, 3.63) is 59.3 Å². The molecule has 4 rings (SSSR count). The molecule has 0 radical (unpaired) electrons. The zero-order chi connectivity index (χ0) is 16.7. The van der Waals surface area contributed by atoms with Crippen LogP contribution in [0.4, 0.5) is 0 Å². The molecule has 124 valence electrons. The van der Waals surface area contributed by atoms with Crippen molar-refractivity contribution >= 4 is 37.0 Å². The topological polar surface area (TPSA) is 55.2 Å². The molecule has 1 unspecified atom stereocenters. The van der Waals surface area contributed by atoms with Crippen LogP contribution in [0.3, 0.4) is 0 Å². The van der Waals surface area contributed by atoms with Gasteiger partial charge in [-0.3, -0.25) is 0 Å². The molecule has 1 fully saturated rings. The van der Waals surface area contributed by atoms with Crippen LogP contribution >= 0.6 is 15.9 Å². The minimum atomic E-state index is -3.49. The Labute approximate surface area is 149 Å². The normalized spacial score (nSPS) is 19.1. The van der Waals surface area contributed by atoms with Crippen molar-refractivity contribution in [3.8, 4) is 0 Å². The van der Waals surface area contributed by atoms with Gasteiger partial charge in [0.1, 0.15) is 0 Å². The van der Waals surface area contributed by atoms with Gasteiger partial charge in [-0.1, -0.05) is 24.3 Å². The van der Waals surface area contributed by atoms with Gasteiger partial charge in [-0.15, -0.1) is 0 Å². The predicted molar refractivity (Wildman–Crippen MR) is 96.3 cm³/mol. The first-order chi connectivity index (χ1) is 11.6. The largest absolute Gasteiger partial charge is 0.326 e. The highest BCUT2D eigenvalue weighted by Crippen LogP contribution is 2.32. The van der Waals surface area contributed by atoms with Gasteiger partial charge >= 0.3 is 0 Å². The summed E-state index contributed by atoms with van der Waals surface area (Å²) in [6.07, 6.45) is 2.59. The molecule has 7 heteroatoms. The molecule has 1 aromatic heterocycles. The number of para-hydroxylation sites is 2. The van der Waals surface area contributed by atoms with Gasteiger partial charge in [0.25, 0.3) is 0 Å². The van der Waals surface area contributed by atoms with E-state index in [4.69, 9.17) is 0 Å². The molecule has 2 aromatic carbocycles. The van der Waals surface area contributed by atoms with Crippen LogP contribution in [0.5, 0.6) is 0 Å². The fourth-order valence-corrected chi connectivity index (χ4v) is 5.67. The maximum atomic E-state index is 12.9. The molecule has 2 heterocycles. The van der Waals surface area contributed by atoms with Gasteiger partial charge in [0, 0.05) is 17.6 Å². The summed E-state index contributed by atoms with van der Waals surface area (Å²) in [5.74, 6) is 0. The van der Waals surface area contributed by atoms with Crippen molar-refractivity contribution in [3.63, 3.8) is 0 Å². The number of nitrogens with zero attached hydrogens (tertiary/aromatic N) is 3. The highest BCUT2D eigenvalue weighted by Gasteiger charge is 2.34. The van der Waals surface area contributed by atoms with Crippen LogP contribution < -0.4 is 0 Å². The lowest BCUT2D eigenvalue weighted by Gasteiger charge is -2.18. The number of hydrogen-bond donors (Lipinski definition) is 0. The number of halogens is 1. The Hall–Kier alpha value is -1.70. The molecule has 0 saturated carbocycles. The van der Waals surface area contributed by atoms with Crippen molar-refractivity contribution in [2.45, 2.75) is 17.4 Å². The summed E-state index contributed by atoms with van der Waals surface area (Å²) in [7, 11) is -3.49. The molecule has 1 atom stereocenters. The van der Waals surface area contributed by atoms with E-state index in [0.29, 0.717) is 22.5 Å². The summed E-state index contributed by atoms with van der Waals surface area (Å²) >= 11 is 3.34. The second kappa shape index (κ2) is 5.98. The molecule has 1 aliphatic heterocycles. The lowest BCUT2D eigenvalue weighted by molar-refractivity contribution is 0.454. The second-order valence-corrected chi connectivity index (χ2v) is 8.64. The molecule has 0 bridgehead atoms. The van der Waals surface area contributed by atoms with Crippen LogP contribution in [0.15, 0.2) is 64.2 Å². The molecule has 3 aromatic rings. The maximum absolute atomic E-state index is 12.9. The van der Waals surface area contributed by atoms with E-state index < -0.39 is 10.0 Å². The summed E-state index contributed by atoms with van der Waals surface area (Å²) < 4.78 is 30.1. The second-order valence-electron chi connectivity index (χ2n) is 5.88. The predicted octanol–water partition coefficient (Wildman–Crippen LogP) is 3.43. The number of sulfonamides is 1. The molecule has 0 amide bonds. The molecule has 0 spiro atoms. The molecular weight excluding hydrogens is 390 g/mol. The zero-order valence-electron chi connectivity index (χ0n) is 12.8. The summed E-state index contributed by atoms with van der Waals surface area (Å²) in [5.41, 5.74) is 1.98. The van der Waals surface area contributed by atoms with Crippen molar-refractivity contribution < 1.29 is 8.42 Å². The van der Waals surface area contributed by atoms with Gasteiger partial charge in [0.2, 0.25) is 10.0 Å². The highest BCUT2D eigenvalue weighted by atomic mass is 79.9. The Balaban J connectivity index is 1.64. The third kappa shape index (κ3) is 2.56. The van der Waals surface area contributed by atoms with E-state index >= 15 is 0 Å². The van der Waals surface area contributed by atoms with Gasteiger partial charge in [0.15, 0.2) is 0 Å². The van der Waals surface area contributed by atoms with Gasteiger partial charge in [0.05, 0.1) is 28.3 Å². The average Bonchev–Trinajstić information content (AvgIpc) is 3.22. The van der Waals surface area contributed by atoms with E-state index in [1.165, 1.54) is 0 Å². The molecule has 0 aliphatic carbocycles. The number of fused-ring (bicyclic) bond motifs is 1. The number of aromatic nitrogens is 2. The molecule has 0 N–H and O–H groups in total. The molecular formula is C17H16BrN3O2S. The fraction of sp³-hybridized carbons (Fsp3) is 0.235. The molecule has 1 aliphatic rings. The Morgan fingerprint density at radius 2 is 1.83 bits per heavy atom. The van der Waals surface area contributed by atoms with Gasteiger partial charge in [-0.25, -0.2) is 13.4 Å². The first kappa shape index (κ1) is 15.8. The fourth-order valence-electron chi connectivity index (χ4n) is 3.22. The van der Waals surface area contributed by atoms with Crippen LogP contribution in [0.1, 0.15) is 12.5 Å². The number of rotatable bonds is 3. The first-order valence-electron chi connectivity index (χ1n) is 7.73. The number of imidazole rings is 1. The van der Waals surface area contributed by atoms with Gasteiger partial charge in [-0.05, 0) is 46.6 Å². The Kier molecular flexibility index (Phi) is 3.94. The van der Waals surface area contributed by atoms with Gasteiger partial charge in [-0.2, -0.15) is 4.31 Å². The van der Waals surface area contributed by atoms with E-state index in [1.807, 2.05) is 36.7 Å². The van der Waals surface area contributed by atoms with Crippen molar-refractivity contribution in [1.82, 2.24) is 13.9 Å². The lowest BCUT2D eigenvalue weighted by Crippen LogP contribution is -2.29. The number of hydrogen-bond acceptors (Lipinski definition) is 3. The number of benzene rings is 2. The summed E-state index contributed by atoms with van der Waals surface area (Å²) in [4.78, 5) is 4.73. The molecule has 1 saturated heterocycles. The van der Waals surface area contributed by atoms with Crippen LogP contribution in [-0.4, -0.2) is 35.4 Å². The average molecular weight is 406 g/mol. The Bertz CT molecular complexity index is 1000. The zero-order valence-corrected chi connectivity index (χ0v) is 15.2. The molecule has 5 nitrogen and oxygen atoms in total. The Morgan fingerprint density at radius 1 is 1.08 bits per heavy atom. The van der Waals surface area contributed by atoms with Crippen LogP contribution in [-0.2, 0) is 10.0 Å². The van der Waals surface area contributed by atoms with E-state index in [1.54, 1.807) is 22.5 Å². The van der Waals surface area contributed by atoms with Gasteiger partial charge < -0.3 is 4.57 Å². The minimum absolute atomic E-state index is 0.106. The lowest BCUT2D eigenvalue weighted by atomic mass is 10.2. The molecule has 24 heavy (non-hydrogen) atoms. The third-order valence-corrected chi connectivity index (χ3v) is 7.33. The Morgan fingerprint density at radius 3 is 2.67 bits per heavy atom. The van der Waals surface area contributed by atoms with E-state index in [9.17, 15) is 8.42 Å². The standard InChI is InChI=1S/C17H16BrN3O2S/c18-14-5-1-4-8-17(14)24(22,23)20-10-9-13(11-20)21-12-19-15-6-2-3-7-16(15)21/h1-8,12-13H,9-11H2. The van der Waals surface area contributed by atoms with E-state index in [0.717, 1.165) is 17.5 Å². The summed E-state index contributed by atoms with van der Waals surface area (Å²) in [5, 5.41) is 0. The minimum Gasteiger partial charge on any atom is -0.326 e. The van der Waals surface area contributed by atoms with Crippen LogP contribution in [0.2, 0.25) is 0 Å². The van der Waals surface area contributed by atoms with Crippen LogP contribution in [0, 0.1) is 0 Å². The van der Waals surface area contributed by atoms with Crippen molar-refractivity contribution in [1.29, 1.82) is 0 Å². The van der Waals surface area contributed by atoms with E-state index in [-0.39, 0.29) is 6.04 Å². The maximum Gasteiger partial charge on any atom is 0.244 e. The van der Waals surface area contributed by atoms with Crippen LogP contribution in [0.25, 0.3) is 11.0 Å². The smallest absolute Gasteiger partial charge is 0.244 e.